The monoisotopic (exact) mass is 246 g/mol. The number of methoxy groups -OCH3 is 1. The van der Waals surface area contributed by atoms with E-state index in [0.29, 0.717) is 11.4 Å². The van der Waals surface area contributed by atoms with Gasteiger partial charge in [0.05, 0.1) is 18.3 Å². The lowest BCUT2D eigenvalue weighted by atomic mass is 10.2. The van der Waals surface area contributed by atoms with E-state index in [1.807, 2.05) is 12.1 Å². The van der Waals surface area contributed by atoms with Gasteiger partial charge in [0.25, 0.3) is 0 Å². The molecule has 2 aromatic rings. The van der Waals surface area contributed by atoms with Crippen LogP contribution in [0.25, 0.3) is 10.9 Å². The smallest absolute Gasteiger partial charge is 0.223 e. The zero-order chi connectivity index (χ0) is 13.1. The van der Waals surface area contributed by atoms with Gasteiger partial charge in [-0.1, -0.05) is 0 Å². The van der Waals surface area contributed by atoms with E-state index in [9.17, 15) is 0 Å². The maximum Gasteiger partial charge on any atom is 0.223 e. The van der Waals surface area contributed by atoms with E-state index in [4.69, 9.17) is 21.9 Å². The summed E-state index contributed by atoms with van der Waals surface area (Å²) >= 11 is 0. The van der Waals surface area contributed by atoms with Crippen molar-refractivity contribution >= 4 is 28.5 Å². The molecule has 7 N–H and O–H groups in total. The van der Waals surface area contributed by atoms with Gasteiger partial charge in [-0.05, 0) is 6.07 Å². The molecule has 0 saturated carbocycles. The summed E-state index contributed by atoms with van der Waals surface area (Å²) in [7, 11) is 1.58. The molecule has 0 fully saturated rings. The minimum Gasteiger partial charge on any atom is -0.497 e. The summed E-state index contributed by atoms with van der Waals surface area (Å²) in [6, 6.07) is 5.51. The summed E-state index contributed by atoms with van der Waals surface area (Å²) in [6.07, 6.45) is 1.81. The number of nitrogens with two attached hydrogens (primary N) is 3. The van der Waals surface area contributed by atoms with Crippen LogP contribution in [0.3, 0.4) is 0 Å². The van der Waals surface area contributed by atoms with Gasteiger partial charge in [0.2, 0.25) is 5.96 Å². The van der Waals surface area contributed by atoms with Crippen LogP contribution in [0.1, 0.15) is 0 Å². The second-order valence-electron chi connectivity index (χ2n) is 3.59. The number of rotatable bonds is 2. The molecule has 18 heavy (non-hydrogen) atoms. The summed E-state index contributed by atoms with van der Waals surface area (Å²) in [5.41, 5.74) is 17.6. The Labute approximate surface area is 103 Å². The first-order valence-electron chi connectivity index (χ1n) is 5.19. The van der Waals surface area contributed by atoms with E-state index < -0.39 is 0 Å². The molecule has 0 spiro atoms. The van der Waals surface area contributed by atoms with Crippen LogP contribution < -0.4 is 21.9 Å². The third kappa shape index (κ3) is 2.34. The van der Waals surface area contributed by atoms with Crippen LogP contribution in [0, 0.1) is 0 Å². The first-order chi connectivity index (χ1) is 8.60. The molecule has 1 aromatic heterocycles. The minimum absolute atomic E-state index is 0.00856. The number of aliphatic imine (C=N–C) groups is 2. The van der Waals surface area contributed by atoms with E-state index in [0.717, 1.165) is 10.9 Å². The quantitative estimate of drug-likeness (QED) is 0.451. The predicted octanol–water partition coefficient (Wildman–Crippen LogP) is 0.396. The van der Waals surface area contributed by atoms with Crippen LogP contribution in [-0.2, 0) is 0 Å². The van der Waals surface area contributed by atoms with Crippen LogP contribution in [-0.4, -0.2) is 24.0 Å². The molecule has 0 aliphatic heterocycles. The fraction of sp³-hybridized carbons (Fsp3) is 0.0909. The summed E-state index contributed by atoms with van der Waals surface area (Å²) in [6.45, 7) is 0. The number of H-pyrrole nitrogens is 1. The Kier molecular flexibility index (Phi) is 3.05. The Bertz CT molecular complexity index is 623. The van der Waals surface area contributed by atoms with Gasteiger partial charge in [0.1, 0.15) is 5.75 Å². The van der Waals surface area contributed by atoms with Crippen LogP contribution in [0.15, 0.2) is 34.4 Å². The van der Waals surface area contributed by atoms with Gasteiger partial charge in [0.15, 0.2) is 5.96 Å². The molecule has 94 valence electrons. The zero-order valence-corrected chi connectivity index (χ0v) is 9.84. The molecule has 0 unspecified atom stereocenters. The Morgan fingerprint density at radius 3 is 2.72 bits per heavy atom. The van der Waals surface area contributed by atoms with Crippen molar-refractivity contribution in [3.05, 3.63) is 24.4 Å². The first-order valence-corrected chi connectivity index (χ1v) is 5.19. The number of aromatic amines is 1. The van der Waals surface area contributed by atoms with Crippen LogP contribution in [0.2, 0.25) is 0 Å². The number of hydrogen-bond donors (Lipinski definition) is 4. The fourth-order valence-electron chi connectivity index (χ4n) is 1.61. The molecule has 7 nitrogen and oxygen atoms in total. The average Bonchev–Trinajstić information content (AvgIpc) is 2.75. The highest BCUT2D eigenvalue weighted by molar-refractivity contribution is 5.98. The number of aromatic nitrogens is 1. The van der Waals surface area contributed by atoms with E-state index in [-0.39, 0.29) is 11.9 Å². The van der Waals surface area contributed by atoms with E-state index in [1.54, 1.807) is 19.4 Å². The molecule has 2 rings (SSSR count). The number of guanidine groups is 2. The number of nitrogens with zero attached hydrogens (tertiary/aromatic N) is 2. The highest BCUT2D eigenvalue weighted by Gasteiger charge is 2.05. The third-order valence-electron chi connectivity index (χ3n) is 2.33. The van der Waals surface area contributed by atoms with E-state index in [2.05, 4.69) is 15.0 Å². The second kappa shape index (κ2) is 4.66. The Morgan fingerprint density at radius 1 is 1.28 bits per heavy atom. The number of benzene rings is 1. The maximum absolute atomic E-state index is 5.61. The Hall–Kier alpha value is -2.70. The number of hydrogen-bond acceptors (Lipinski definition) is 2. The van der Waals surface area contributed by atoms with E-state index in [1.165, 1.54) is 0 Å². The molecular weight excluding hydrogens is 232 g/mol. The lowest BCUT2D eigenvalue weighted by Crippen LogP contribution is -2.26. The molecule has 0 saturated heterocycles. The van der Waals surface area contributed by atoms with Gasteiger partial charge in [-0.3, -0.25) is 0 Å². The van der Waals surface area contributed by atoms with Gasteiger partial charge < -0.3 is 26.9 Å². The minimum atomic E-state index is -0.135. The van der Waals surface area contributed by atoms with Crippen molar-refractivity contribution in [2.24, 2.45) is 27.2 Å². The van der Waals surface area contributed by atoms with Crippen molar-refractivity contribution in [2.45, 2.75) is 0 Å². The Balaban J connectivity index is 2.55. The summed E-state index contributed by atoms with van der Waals surface area (Å²) in [5, 5.41) is 0.907. The molecule has 0 bridgehead atoms. The lowest BCUT2D eigenvalue weighted by Gasteiger charge is -2.03. The average molecular weight is 246 g/mol. The zero-order valence-electron chi connectivity index (χ0n) is 9.84. The van der Waals surface area contributed by atoms with Gasteiger partial charge in [-0.15, -0.1) is 0 Å². The van der Waals surface area contributed by atoms with Gasteiger partial charge in [0, 0.05) is 23.7 Å². The standard InChI is InChI=1S/C11H14N6O/c1-18-6-4-8-7(2-3-15-8)9(5-6)16-11(14)17-10(12)13/h2-5,15H,1H3,(H6,12,13,14,16,17). The summed E-state index contributed by atoms with van der Waals surface area (Å²) in [4.78, 5) is 10.9. The third-order valence-corrected chi connectivity index (χ3v) is 2.33. The van der Waals surface area contributed by atoms with Crippen LogP contribution in [0.5, 0.6) is 5.75 Å². The molecule has 0 radical (unpaired) electrons. The van der Waals surface area contributed by atoms with Crippen LogP contribution >= 0.6 is 0 Å². The van der Waals surface area contributed by atoms with Crippen molar-refractivity contribution in [3.8, 4) is 5.75 Å². The molecule has 1 aromatic carbocycles. The fourth-order valence-corrected chi connectivity index (χ4v) is 1.61. The van der Waals surface area contributed by atoms with Crippen molar-refractivity contribution in [1.29, 1.82) is 0 Å². The SMILES string of the molecule is COc1cc(N=C(N)N=C(N)N)c2cc[nH]c2c1. The molecule has 0 amide bonds. The van der Waals surface area contributed by atoms with Crippen molar-refractivity contribution in [2.75, 3.05) is 7.11 Å². The highest BCUT2D eigenvalue weighted by Crippen LogP contribution is 2.30. The molecule has 0 aliphatic carbocycles. The number of nitrogens with one attached hydrogen (secondary N) is 1. The number of fused-ring (bicyclic) bond motifs is 1. The highest BCUT2D eigenvalue weighted by atomic mass is 16.5. The Morgan fingerprint density at radius 2 is 2.06 bits per heavy atom. The van der Waals surface area contributed by atoms with Crippen LogP contribution in [0.4, 0.5) is 5.69 Å². The van der Waals surface area contributed by atoms with Gasteiger partial charge >= 0.3 is 0 Å². The number of ether oxygens (including phenoxy) is 1. The molecule has 7 heteroatoms. The largest absolute Gasteiger partial charge is 0.497 e. The first kappa shape index (κ1) is 11.8. The molecule has 1 heterocycles. The van der Waals surface area contributed by atoms with Crippen molar-refractivity contribution < 1.29 is 4.74 Å². The topological polar surface area (TPSA) is 128 Å². The molecule has 0 atom stereocenters. The van der Waals surface area contributed by atoms with Gasteiger partial charge in [-0.2, -0.15) is 4.99 Å². The molecule has 0 aliphatic rings. The van der Waals surface area contributed by atoms with Crippen molar-refractivity contribution in [1.82, 2.24) is 4.98 Å². The normalized spacial score (nSPS) is 11.5. The lowest BCUT2D eigenvalue weighted by molar-refractivity contribution is 0.415. The van der Waals surface area contributed by atoms with Gasteiger partial charge in [-0.25, -0.2) is 4.99 Å². The second-order valence-corrected chi connectivity index (χ2v) is 3.59. The maximum atomic E-state index is 5.61. The van der Waals surface area contributed by atoms with E-state index >= 15 is 0 Å². The van der Waals surface area contributed by atoms with Crippen molar-refractivity contribution in [3.63, 3.8) is 0 Å². The summed E-state index contributed by atoms with van der Waals surface area (Å²) in [5.74, 6) is 0.524. The molecular formula is C11H14N6O. The summed E-state index contributed by atoms with van der Waals surface area (Å²) < 4.78 is 5.18. The predicted molar refractivity (Wildman–Crippen MR) is 71.9 cm³/mol.